The highest BCUT2D eigenvalue weighted by molar-refractivity contribution is 9.10. The maximum Gasteiger partial charge on any atom is 0.241 e. The molecule has 0 aliphatic carbocycles. The number of anilines is 1. The van der Waals surface area contributed by atoms with Crippen molar-refractivity contribution in [2.45, 2.75) is 31.7 Å². The molecule has 0 spiro atoms. The van der Waals surface area contributed by atoms with Gasteiger partial charge >= 0.3 is 0 Å². The molecule has 1 atom stereocenters. The number of sulfonamides is 1. The van der Waals surface area contributed by atoms with Crippen LogP contribution in [0.4, 0.5) is 5.69 Å². The lowest BCUT2D eigenvalue weighted by atomic mass is 10.2. The molecule has 1 amide bonds. The highest BCUT2D eigenvalue weighted by Crippen LogP contribution is 2.26. The second-order valence-electron chi connectivity index (χ2n) is 4.38. The van der Waals surface area contributed by atoms with E-state index in [0.717, 1.165) is 0 Å². The molecule has 6 nitrogen and oxygen atoms in total. The number of benzene rings is 1. The van der Waals surface area contributed by atoms with Crippen LogP contribution in [-0.2, 0) is 14.8 Å². The molecule has 4 N–H and O–H groups in total. The van der Waals surface area contributed by atoms with Gasteiger partial charge in [0, 0.05) is 16.7 Å². The second kappa shape index (κ2) is 6.55. The molecule has 0 saturated carbocycles. The number of nitrogens with one attached hydrogen (secondary N) is 2. The standard InChI is InChI=1S/C12H18BrN3O3S/c1-4-15-12(17)8(3)16-20(18,19)11-6-10(14)9(13)5-7(11)2/h5-6,8,16H,4,14H2,1-3H3,(H,15,17). The minimum Gasteiger partial charge on any atom is -0.398 e. The van der Waals surface area contributed by atoms with Gasteiger partial charge in [-0.2, -0.15) is 4.72 Å². The van der Waals surface area contributed by atoms with Gasteiger partial charge in [0.2, 0.25) is 15.9 Å². The highest BCUT2D eigenvalue weighted by Gasteiger charge is 2.23. The van der Waals surface area contributed by atoms with Gasteiger partial charge in [-0.1, -0.05) is 0 Å². The van der Waals surface area contributed by atoms with E-state index in [4.69, 9.17) is 5.73 Å². The first kappa shape index (κ1) is 16.9. The average Bonchev–Trinajstić information content (AvgIpc) is 2.33. The van der Waals surface area contributed by atoms with Crippen molar-refractivity contribution in [1.82, 2.24) is 10.0 Å². The second-order valence-corrected chi connectivity index (χ2v) is 6.91. The lowest BCUT2D eigenvalue weighted by molar-refractivity contribution is -0.122. The molecule has 0 aromatic heterocycles. The van der Waals surface area contributed by atoms with Gasteiger partial charge in [0.25, 0.3) is 0 Å². The first-order valence-corrected chi connectivity index (χ1v) is 8.32. The molecule has 0 bridgehead atoms. The minimum absolute atomic E-state index is 0.0642. The summed E-state index contributed by atoms with van der Waals surface area (Å²) in [5.41, 5.74) is 6.57. The van der Waals surface area contributed by atoms with Crippen molar-refractivity contribution in [2.24, 2.45) is 0 Å². The number of halogens is 1. The van der Waals surface area contributed by atoms with Crippen LogP contribution < -0.4 is 15.8 Å². The van der Waals surface area contributed by atoms with E-state index < -0.39 is 16.1 Å². The number of nitrogen functional groups attached to an aromatic ring is 1. The number of likely N-dealkylation sites (N-methyl/N-ethyl adjacent to an activating group) is 1. The molecule has 20 heavy (non-hydrogen) atoms. The summed E-state index contributed by atoms with van der Waals surface area (Å²) in [5, 5.41) is 2.56. The molecule has 0 heterocycles. The molecule has 0 saturated heterocycles. The van der Waals surface area contributed by atoms with E-state index in [1.54, 1.807) is 19.9 Å². The van der Waals surface area contributed by atoms with Crippen molar-refractivity contribution in [3.63, 3.8) is 0 Å². The zero-order valence-corrected chi connectivity index (χ0v) is 13.9. The quantitative estimate of drug-likeness (QED) is 0.682. The third kappa shape index (κ3) is 3.94. The highest BCUT2D eigenvalue weighted by atomic mass is 79.9. The smallest absolute Gasteiger partial charge is 0.241 e. The number of rotatable bonds is 5. The number of carbonyl (C=O) groups is 1. The van der Waals surface area contributed by atoms with E-state index >= 15 is 0 Å². The molecule has 1 unspecified atom stereocenters. The molecule has 1 aromatic rings. The maximum absolute atomic E-state index is 12.3. The molecule has 0 fully saturated rings. The summed E-state index contributed by atoms with van der Waals surface area (Å²) in [6, 6.07) is 2.14. The average molecular weight is 364 g/mol. The number of aryl methyl sites for hydroxylation is 1. The van der Waals surface area contributed by atoms with E-state index in [1.165, 1.54) is 13.0 Å². The van der Waals surface area contributed by atoms with Crippen LogP contribution in [0.15, 0.2) is 21.5 Å². The zero-order valence-electron chi connectivity index (χ0n) is 11.5. The molecule has 0 aliphatic rings. The lowest BCUT2D eigenvalue weighted by Crippen LogP contribution is -2.44. The maximum atomic E-state index is 12.3. The van der Waals surface area contributed by atoms with Crippen LogP contribution in [0.25, 0.3) is 0 Å². The van der Waals surface area contributed by atoms with Gasteiger partial charge in [0.15, 0.2) is 0 Å². The van der Waals surface area contributed by atoms with Crippen LogP contribution in [0.3, 0.4) is 0 Å². The molecule has 8 heteroatoms. The fraction of sp³-hybridized carbons (Fsp3) is 0.417. The Kier molecular flexibility index (Phi) is 5.55. The number of nitrogens with two attached hydrogens (primary N) is 1. The Bertz CT molecular complexity index is 617. The molecular weight excluding hydrogens is 346 g/mol. The third-order valence-corrected chi connectivity index (χ3v) is 5.03. The minimum atomic E-state index is -3.80. The lowest BCUT2D eigenvalue weighted by Gasteiger charge is -2.15. The van der Waals surface area contributed by atoms with Crippen LogP contribution in [0, 0.1) is 6.92 Å². The van der Waals surface area contributed by atoms with Crippen LogP contribution in [0.2, 0.25) is 0 Å². The summed E-state index contributed by atoms with van der Waals surface area (Å²) in [7, 11) is -3.80. The number of carbonyl (C=O) groups excluding carboxylic acids is 1. The van der Waals surface area contributed by atoms with Crippen molar-refractivity contribution < 1.29 is 13.2 Å². The zero-order chi connectivity index (χ0) is 15.5. The van der Waals surface area contributed by atoms with Crippen LogP contribution in [0.1, 0.15) is 19.4 Å². The van der Waals surface area contributed by atoms with E-state index in [0.29, 0.717) is 22.3 Å². The molecule has 112 valence electrons. The monoisotopic (exact) mass is 363 g/mol. The van der Waals surface area contributed by atoms with Crippen molar-refractivity contribution in [3.8, 4) is 0 Å². The fourth-order valence-corrected chi connectivity index (χ4v) is 3.56. The topological polar surface area (TPSA) is 101 Å². The van der Waals surface area contributed by atoms with Gasteiger partial charge in [-0.25, -0.2) is 8.42 Å². The summed E-state index contributed by atoms with van der Waals surface area (Å²) in [4.78, 5) is 11.7. The van der Waals surface area contributed by atoms with Gasteiger partial charge in [-0.3, -0.25) is 4.79 Å². The van der Waals surface area contributed by atoms with E-state index in [1.807, 2.05) is 0 Å². The predicted octanol–water partition coefficient (Wildman–Crippen LogP) is 1.14. The molecule has 0 radical (unpaired) electrons. The predicted molar refractivity (Wildman–Crippen MR) is 81.8 cm³/mol. The summed E-state index contributed by atoms with van der Waals surface area (Å²) in [6.07, 6.45) is 0. The molecular formula is C12H18BrN3O3S. The fourth-order valence-electron chi connectivity index (χ4n) is 1.64. The van der Waals surface area contributed by atoms with E-state index in [-0.39, 0.29) is 10.8 Å². The SMILES string of the molecule is CCNC(=O)C(C)NS(=O)(=O)c1cc(N)c(Br)cc1C. The number of hydrogen-bond donors (Lipinski definition) is 3. The number of hydrogen-bond acceptors (Lipinski definition) is 4. The van der Waals surface area contributed by atoms with E-state index in [9.17, 15) is 13.2 Å². The van der Waals surface area contributed by atoms with Crippen molar-refractivity contribution in [2.75, 3.05) is 12.3 Å². The summed E-state index contributed by atoms with van der Waals surface area (Å²) in [6.45, 7) is 5.35. The Labute approximate surface area is 127 Å². The first-order chi connectivity index (χ1) is 9.19. The summed E-state index contributed by atoms with van der Waals surface area (Å²) >= 11 is 3.24. The Morgan fingerprint density at radius 2 is 2.05 bits per heavy atom. The molecule has 1 aromatic carbocycles. The molecule has 0 aliphatic heterocycles. The van der Waals surface area contributed by atoms with Crippen LogP contribution >= 0.6 is 15.9 Å². The van der Waals surface area contributed by atoms with Gasteiger partial charge < -0.3 is 11.1 Å². The van der Waals surface area contributed by atoms with Gasteiger partial charge in [-0.15, -0.1) is 0 Å². The third-order valence-electron chi connectivity index (χ3n) is 2.66. The van der Waals surface area contributed by atoms with Gasteiger partial charge in [0.1, 0.15) is 0 Å². The largest absolute Gasteiger partial charge is 0.398 e. The van der Waals surface area contributed by atoms with Crippen molar-refractivity contribution in [1.29, 1.82) is 0 Å². The Morgan fingerprint density at radius 1 is 1.45 bits per heavy atom. The van der Waals surface area contributed by atoms with Crippen molar-refractivity contribution in [3.05, 3.63) is 22.2 Å². The first-order valence-electron chi connectivity index (χ1n) is 6.04. The Hall–Kier alpha value is -1.12. The Balaban J connectivity index is 3.06. The number of amides is 1. The van der Waals surface area contributed by atoms with E-state index in [2.05, 4.69) is 26.0 Å². The van der Waals surface area contributed by atoms with Crippen LogP contribution in [-0.4, -0.2) is 26.9 Å². The summed E-state index contributed by atoms with van der Waals surface area (Å²) < 4.78 is 27.5. The van der Waals surface area contributed by atoms with Gasteiger partial charge in [-0.05, 0) is 54.4 Å². The van der Waals surface area contributed by atoms with Crippen LogP contribution in [0.5, 0.6) is 0 Å². The van der Waals surface area contributed by atoms with Crippen molar-refractivity contribution >= 4 is 37.5 Å². The normalized spacial score (nSPS) is 13.0. The summed E-state index contributed by atoms with van der Waals surface area (Å²) in [5.74, 6) is -0.376. The Morgan fingerprint density at radius 3 is 2.60 bits per heavy atom. The molecule has 1 rings (SSSR count). The van der Waals surface area contributed by atoms with Gasteiger partial charge in [0.05, 0.1) is 10.9 Å².